The highest BCUT2D eigenvalue weighted by molar-refractivity contribution is 6.15. The van der Waals surface area contributed by atoms with Gasteiger partial charge in [-0.2, -0.15) is 5.10 Å². The van der Waals surface area contributed by atoms with Gasteiger partial charge in [0.05, 0.1) is 24.4 Å². The summed E-state index contributed by atoms with van der Waals surface area (Å²) in [6.07, 6.45) is 6.95. The number of amides is 1. The largest absolute Gasteiger partial charge is 0.497 e. The molecule has 1 N–H and O–H groups in total. The fraction of sp³-hybridized carbons (Fsp3) is 0.389. The molecule has 3 rings (SSSR count). The van der Waals surface area contributed by atoms with E-state index in [1.165, 1.54) is 5.01 Å². The van der Waals surface area contributed by atoms with Crippen molar-refractivity contribution in [3.05, 3.63) is 42.5 Å². The van der Waals surface area contributed by atoms with Gasteiger partial charge in [0.15, 0.2) is 0 Å². The van der Waals surface area contributed by atoms with Crippen molar-refractivity contribution in [2.75, 3.05) is 12.1 Å². The number of nitrogens with zero attached hydrogens (tertiary/aromatic N) is 3. The van der Waals surface area contributed by atoms with Crippen LogP contribution in [-0.2, 0) is 11.2 Å². The summed E-state index contributed by atoms with van der Waals surface area (Å²) in [5, 5.41) is 6.12. The van der Waals surface area contributed by atoms with Crippen LogP contribution in [0, 0.1) is 5.92 Å². The second-order valence-corrected chi connectivity index (χ2v) is 5.85. The molecule has 0 spiro atoms. The number of anilines is 1. The smallest absolute Gasteiger partial charge is 0.256 e. The van der Waals surface area contributed by atoms with E-state index in [-0.39, 0.29) is 11.8 Å². The topological polar surface area (TPSA) is 70.6 Å². The molecule has 1 aromatic heterocycles. The summed E-state index contributed by atoms with van der Waals surface area (Å²) >= 11 is 0. The zero-order valence-corrected chi connectivity index (χ0v) is 14.0. The van der Waals surface area contributed by atoms with E-state index < -0.39 is 0 Å². The van der Waals surface area contributed by atoms with Gasteiger partial charge in [0, 0.05) is 18.8 Å². The van der Waals surface area contributed by atoms with Crippen molar-refractivity contribution in [2.24, 2.45) is 11.0 Å². The third-order valence-corrected chi connectivity index (χ3v) is 4.20. The number of hydrazone groups is 1. The molecule has 0 saturated carbocycles. The average molecular weight is 326 g/mol. The Morgan fingerprint density at radius 2 is 2.08 bits per heavy atom. The van der Waals surface area contributed by atoms with Gasteiger partial charge >= 0.3 is 0 Å². The maximum Gasteiger partial charge on any atom is 0.256 e. The number of nitrogens with one attached hydrogen (secondary N) is 1. The van der Waals surface area contributed by atoms with E-state index in [4.69, 9.17) is 4.74 Å². The first kappa shape index (κ1) is 16.2. The highest BCUT2D eigenvalue weighted by Gasteiger charge is 2.36. The predicted molar refractivity (Wildman–Crippen MR) is 93.2 cm³/mol. The fourth-order valence-corrected chi connectivity index (χ4v) is 2.87. The lowest BCUT2D eigenvalue weighted by atomic mass is 9.94. The molecule has 126 valence electrons. The van der Waals surface area contributed by atoms with Crippen LogP contribution < -0.4 is 9.75 Å². The first-order chi connectivity index (χ1) is 11.7. The SMILES string of the molecule is CCCCC1C(=O)N(c2ccc(OC)cc2)N=C1Cc1ncc[nH]1. The Morgan fingerprint density at radius 1 is 1.29 bits per heavy atom. The number of unbranched alkanes of at least 4 members (excludes halogenated alkanes) is 1. The highest BCUT2D eigenvalue weighted by atomic mass is 16.5. The number of hydrogen-bond acceptors (Lipinski definition) is 4. The second kappa shape index (κ2) is 7.29. The summed E-state index contributed by atoms with van der Waals surface area (Å²) in [5.74, 6) is 1.46. The van der Waals surface area contributed by atoms with Crippen molar-refractivity contribution in [3.63, 3.8) is 0 Å². The Hall–Kier alpha value is -2.63. The van der Waals surface area contributed by atoms with Crippen molar-refractivity contribution < 1.29 is 9.53 Å². The molecule has 2 aromatic rings. The number of aromatic amines is 1. The Labute approximate surface area is 141 Å². The van der Waals surface area contributed by atoms with Crippen LogP contribution in [0.4, 0.5) is 5.69 Å². The molecule has 24 heavy (non-hydrogen) atoms. The summed E-state index contributed by atoms with van der Waals surface area (Å²) in [7, 11) is 1.62. The Bertz CT molecular complexity index is 707. The third-order valence-electron chi connectivity index (χ3n) is 4.20. The van der Waals surface area contributed by atoms with Crippen LogP contribution in [0.25, 0.3) is 0 Å². The van der Waals surface area contributed by atoms with E-state index in [1.54, 1.807) is 19.5 Å². The van der Waals surface area contributed by atoms with Gasteiger partial charge in [0.25, 0.3) is 5.91 Å². The van der Waals surface area contributed by atoms with Gasteiger partial charge in [-0.05, 0) is 30.7 Å². The molecule has 1 unspecified atom stereocenters. The van der Waals surface area contributed by atoms with Gasteiger partial charge in [-0.1, -0.05) is 19.8 Å². The van der Waals surface area contributed by atoms with E-state index in [2.05, 4.69) is 22.0 Å². The molecule has 1 aliphatic rings. The van der Waals surface area contributed by atoms with Crippen molar-refractivity contribution >= 4 is 17.3 Å². The number of hydrogen-bond donors (Lipinski definition) is 1. The Balaban J connectivity index is 1.85. The van der Waals surface area contributed by atoms with Gasteiger partial charge < -0.3 is 9.72 Å². The molecule has 6 nitrogen and oxygen atoms in total. The highest BCUT2D eigenvalue weighted by Crippen LogP contribution is 2.29. The fourth-order valence-electron chi connectivity index (χ4n) is 2.87. The quantitative estimate of drug-likeness (QED) is 0.849. The first-order valence-electron chi connectivity index (χ1n) is 8.26. The van der Waals surface area contributed by atoms with Gasteiger partial charge in [-0.25, -0.2) is 9.99 Å². The van der Waals surface area contributed by atoms with Crippen LogP contribution in [0.3, 0.4) is 0 Å². The van der Waals surface area contributed by atoms with E-state index in [0.717, 1.165) is 42.2 Å². The molecular weight excluding hydrogens is 304 g/mol. The minimum absolute atomic E-state index is 0.0372. The number of ether oxygens (including phenoxy) is 1. The second-order valence-electron chi connectivity index (χ2n) is 5.85. The molecule has 1 aromatic carbocycles. The van der Waals surface area contributed by atoms with Gasteiger partial charge in [-0.3, -0.25) is 4.79 Å². The van der Waals surface area contributed by atoms with E-state index in [0.29, 0.717) is 6.42 Å². The molecule has 0 aliphatic carbocycles. The van der Waals surface area contributed by atoms with Crippen LogP contribution >= 0.6 is 0 Å². The minimum Gasteiger partial charge on any atom is -0.497 e. The number of rotatable bonds is 7. The molecule has 0 radical (unpaired) electrons. The number of methoxy groups -OCH3 is 1. The number of carbonyl (C=O) groups excluding carboxylic acids is 1. The van der Waals surface area contributed by atoms with Crippen LogP contribution in [0.2, 0.25) is 0 Å². The lowest BCUT2D eigenvalue weighted by molar-refractivity contribution is -0.119. The van der Waals surface area contributed by atoms with Gasteiger partial charge in [0.1, 0.15) is 11.6 Å². The maximum atomic E-state index is 12.9. The van der Waals surface area contributed by atoms with E-state index >= 15 is 0 Å². The average Bonchev–Trinajstić information content (AvgIpc) is 3.22. The summed E-state index contributed by atoms with van der Waals surface area (Å²) < 4.78 is 5.17. The predicted octanol–water partition coefficient (Wildman–Crippen LogP) is 3.17. The lowest BCUT2D eigenvalue weighted by Crippen LogP contribution is -2.28. The first-order valence-corrected chi connectivity index (χ1v) is 8.26. The van der Waals surface area contributed by atoms with Crippen LogP contribution in [0.1, 0.15) is 32.0 Å². The molecule has 1 aliphatic heterocycles. The Kier molecular flexibility index (Phi) is 4.93. The zero-order valence-electron chi connectivity index (χ0n) is 14.0. The number of imidazole rings is 1. The van der Waals surface area contributed by atoms with Gasteiger partial charge in [0.2, 0.25) is 0 Å². The molecule has 6 heteroatoms. The van der Waals surface area contributed by atoms with E-state index in [9.17, 15) is 4.79 Å². The number of carbonyl (C=O) groups is 1. The monoisotopic (exact) mass is 326 g/mol. The van der Waals surface area contributed by atoms with E-state index in [1.807, 2.05) is 24.3 Å². The molecular formula is C18H22N4O2. The maximum absolute atomic E-state index is 12.9. The van der Waals surface area contributed by atoms with Crippen LogP contribution in [-0.4, -0.2) is 28.7 Å². The summed E-state index contributed by atoms with van der Waals surface area (Å²) in [6.45, 7) is 2.13. The molecule has 1 atom stereocenters. The summed E-state index contributed by atoms with van der Waals surface area (Å²) in [5.41, 5.74) is 1.64. The van der Waals surface area contributed by atoms with Crippen molar-refractivity contribution in [1.82, 2.24) is 9.97 Å². The van der Waals surface area contributed by atoms with Crippen LogP contribution in [0.15, 0.2) is 41.8 Å². The molecule has 0 bridgehead atoms. The minimum atomic E-state index is -0.169. The number of benzene rings is 1. The lowest BCUT2D eigenvalue weighted by Gasteiger charge is -2.14. The Morgan fingerprint density at radius 3 is 2.71 bits per heavy atom. The molecule has 1 amide bonds. The number of H-pyrrole nitrogens is 1. The standard InChI is InChI=1S/C18H22N4O2/c1-3-4-5-15-16(12-17-19-10-11-20-17)21-22(18(15)23)13-6-8-14(24-2)9-7-13/h6-11,15H,3-5,12H2,1-2H3,(H,19,20). The summed E-state index contributed by atoms with van der Waals surface area (Å²) in [4.78, 5) is 20.2. The van der Waals surface area contributed by atoms with Gasteiger partial charge in [-0.15, -0.1) is 0 Å². The van der Waals surface area contributed by atoms with Crippen molar-refractivity contribution in [2.45, 2.75) is 32.6 Å². The molecule has 2 heterocycles. The van der Waals surface area contributed by atoms with Crippen molar-refractivity contribution in [1.29, 1.82) is 0 Å². The van der Waals surface area contributed by atoms with Crippen LogP contribution in [0.5, 0.6) is 5.75 Å². The summed E-state index contributed by atoms with van der Waals surface area (Å²) in [6, 6.07) is 7.38. The third kappa shape index (κ3) is 3.32. The molecule has 0 fully saturated rings. The number of aromatic nitrogens is 2. The zero-order chi connectivity index (χ0) is 16.9. The van der Waals surface area contributed by atoms with Crippen molar-refractivity contribution in [3.8, 4) is 5.75 Å². The molecule has 0 saturated heterocycles. The normalized spacial score (nSPS) is 17.2.